The van der Waals surface area contributed by atoms with E-state index in [-0.39, 0.29) is 12.2 Å². The van der Waals surface area contributed by atoms with E-state index in [2.05, 4.69) is 0 Å². The fourth-order valence-electron chi connectivity index (χ4n) is 5.11. The third-order valence-electron chi connectivity index (χ3n) is 5.91. The van der Waals surface area contributed by atoms with Crippen LogP contribution >= 0.6 is 0 Å². The highest BCUT2D eigenvalue weighted by Crippen LogP contribution is 2.63. The Balaban J connectivity index is 1.50. The van der Waals surface area contributed by atoms with Crippen LogP contribution in [0.2, 0.25) is 0 Å². The molecule has 102 valence electrons. The highest BCUT2D eigenvalue weighted by molar-refractivity contribution is 5.14. The van der Waals surface area contributed by atoms with Gasteiger partial charge in [-0.05, 0) is 56.3 Å². The molecule has 1 saturated heterocycles. The highest BCUT2D eigenvalue weighted by atomic mass is 16.9. The molecule has 2 bridgehead atoms. The van der Waals surface area contributed by atoms with Gasteiger partial charge in [-0.1, -0.05) is 0 Å². The zero-order valence-electron chi connectivity index (χ0n) is 11.0. The molecule has 2 N–H and O–H groups in total. The molecule has 4 unspecified atom stereocenters. The van der Waals surface area contributed by atoms with Crippen LogP contribution in [0.15, 0.2) is 0 Å². The molecule has 0 aromatic heterocycles. The Kier molecular flexibility index (Phi) is 2.54. The van der Waals surface area contributed by atoms with E-state index in [4.69, 9.17) is 19.9 Å². The lowest BCUT2D eigenvalue weighted by Gasteiger charge is -2.40. The summed E-state index contributed by atoms with van der Waals surface area (Å²) < 4.78 is 17.1. The Morgan fingerprint density at radius 2 is 1.94 bits per heavy atom. The molecule has 0 aromatic carbocycles. The van der Waals surface area contributed by atoms with Gasteiger partial charge in [-0.3, -0.25) is 0 Å². The fourth-order valence-corrected chi connectivity index (χ4v) is 5.11. The van der Waals surface area contributed by atoms with E-state index in [1.807, 2.05) is 6.92 Å². The third kappa shape index (κ3) is 1.40. The summed E-state index contributed by atoms with van der Waals surface area (Å²) in [4.78, 5) is 0. The van der Waals surface area contributed by atoms with E-state index in [1.165, 1.54) is 19.3 Å². The van der Waals surface area contributed by atoms with Crippen LogP contribution < -0.4 is 5.73 Å². The minimum atomic E-state index is -0.433. The minimum absolute atomic E-state index is 0.215. The van der Waals surface area contributed by atoms with E-state index >= 15 is 0 Å². The second-order valence-electron chi connectivity index (χ2n) is 6.53. The second kappa shape index (κ2) is 3.92. The summed E-state index contributed by atoms with van der Waals surface area (Å²) in [5.74, 6) is 1.58. The maximum absolute atomic E-state index is 6.51. The molecule has 7 atom stereocenters. The van der Waals surface area contributed by atoms with Crippen molar-refractivity contribution in [3.63, 3.8) is 0 Å². The predicted octanol–water partition coefficient (Wildman–Crippen LogP) is 1.63. The summed E-state index contributed by atoms with van der Waals surface area (Å²) in [6.45, 7) is 2.17. The van der Waals surface area contributed by atoms with Crippen LogP contribution in [0.3, 0.4) is 0 Å². The van der Waals surface area contributed by atoms with Gasteiger partial charge >= 0.3 is 0 Å². The first-order valence-electron chi connectivity index (χ1n) is 7.41. The van der Waals surface area contributed by atoms with Crippen LogP contribution in [0.5, 0.6) is 0 Å². The second-order valence-corrected chi connectivity index (χ2v) is 6.53. The number of rotatable bonds is 2. The molecule has 18 heavy (non-hydrogen) atoms. The Morgan fingerprint density at radius 3 is 2.50 bits per heavy atom. The van der Waals surface area contributed by atoms with E-state index in [9.17, 15) is 0 Å². The molecule has 4 heteroatoms. The molecule has 0 radical (unpaired) electrons. The van der Waals surface area contributed by atoms with Gasteiger partial charge in [0.2, 0.25) is 0 Å². The van der Waals surface area contributed by atoms with Crippen molar-refractivity contribution in [1.82, 2.24) is 0 Å². The van der Waals surface area contributed by atoms with Crippen LogP contribution in [0.4, 0.5) is 0 Å². The van der Waals surface area contributed by atoms with Crippen LogP contribution in [-0.4, -0.2) is 31.3 Å². The summed E-state index contributed by atoms with van der Waals surface area (Å²) >= 11 is 0. The summed E-state index contributed by atoms with van der Waals surface area (Å²) in [6, 6.07) is 0.375. The van der Waals surface area contributed by atoms with Crippen LogP contribution in [0.25, 0.3) is 0 Å². The molecular weight excluding hydrogens is 230 g/mol. The van der Waals surface area contributed by atoms with Crippen LogP contribution in [0, 0.1) is 17.3 Å². The summed E-state index contributed by atoms with van der Waals surface area (Å²) in [5, 5.41) is 0. The zero-order chi connectivity index (χ0) is 12.3. The fraction of sp³-hybridized carbons (Fsp3) is 1.00. The van der Waals surface area contributed by atoms with Gasteiger partial charge in [0.15, 0.2) is 0 Å². The number of ether oxygens (including phenoxy) is 3. The molecule has 1 spiro atoms. The van der Waals surface area contributed by atoms with Gasteiger partial charge in [0.1, 0.15) is 0 Å². The topological polar surface area (TPSA) is 53.7 Å². The van der Waals surface area contributed by atoms with Crippen molar-refractivity contribution in [2.45, 2.75) is 63.8 Å². The van der Waals surface area contributed by atoms with Crippen LogP contribution in [0.1, 0.15) is 39.0 Å². The summed E-state index contributed by atoms with van der Waals surface area (Å²) in [6.07, 6.45) is 6.65. The van der Waals surface area contributed by atoms with Gasteiger partial charge in [-0.2, -0.15) is 0 Å². The number of fused-ring (bicyclic) bond motifs is 4. The summed E-state index contributed by atoms with van der Waals surface area (Å²) in [5.41, 5.74) is 6.83. The van der Waals surface area contributed by atoms with Gasteiger partial charge in [0, 0.05) is 12.6 Å². The van der Waals surface area contributed by atoms with Gasteiger partial charge in [-0.15, -0.1) is 0 Å². The molecule has 0 aromatic rings. The largest absolute Gasteiger partial charge is 0.330 e. The lowest BCUT2D eigenvalue weighted by Crippen LogP contribution is -2.45. The normalized spacial score (nSPS) is 57.7. The average Bonchev–Trinajstić information content (AvgIpc) is 3.02. The Hall–Kier alpha value is -0.160. The molecule has 4 nitrogen and oxygen atoms in total. The first kappa shape index (κ1) is 11.6. The third-order valence-corrected chi connectivity index (χ3v) is 5.91. The maximum Gasteiger partial charge on any atom is 0.272 e. The van der Waals surface area contributed by atoms with Crippen LogP contribution in [-0.2, 0) is 14.2 Å². The van der Waals surface area contributed by atoms with Gasteiger partial charge in [-0.25, -0.2) is 0 Å². The van der Waals surface area contributed by atoms with Crippen molar-refractivity contribution in [2.75, 3.05) is 6.61 Å². The number of nitrogens with two attached hydrogens (primary N) is 1. The Labute approximate surface area is 108 Å². The maximum atomic E-state index is 6.51. The van der Waals surface area contributed by atoms with Crippen molar-refractivity contribution in [3.8, 4) is 0 Å². The highest BCUT2D eigenvalue weighted by Gasteiger charge is 2.63. The lowest BCUT2D eigenvalue weighted by atomic mass is 9.69. The molecule has 1 heterocycles. The first-order valence-corrected chi connectivity index (χ1v) is 7.41. The molecule has 3 saturated carbocycles. The van der Waals surface area contributed by atoms with E-state index in [0.717, 1.165) is 24.7 Å². The van der Waals surface area contributed by atoms with Gasteiger partial charge in [0.05, 0.1) is 12.2 Å². The molecule has 1 aliphatic heterocycles. The van der Waals surface area contributed by atoms with E-state index in [1.54, 1.807) is 0 Å². The predicted molar refractivity (Wildman–Crippen MR) is 65.6 cm³/mol. The van der Waals surface area contributed by atoms with Crippen molar-refractivity contribution in [3.05, 3.63) is 0 Å². The van der Waals surface area contributed by atoms with E-state index < -0.39 is 6.48 Å². The summed E-state index contributed by atoms with van der Waals surface area (Å²) in [7, 11) is 0. The molecule has 4 rings (SSSR count). The van der Waals surface area contributed by atoms with Gasteiger partial charge in [0.25, 0.3) is 6.48 Å². The van der Waals surface area contributed by atoms with Gasteiger partial charge < -0.3 is 19.9 Å². The average molecular weight is 253 g/mol. The van der Waals surface area contributed by atoms with Crippen molar-refractivity contribution in [1.29, 1.82) is 0 Å². The quantitative estimate of drug-likeness (QED) is 0.812. The van der Waals surface area contributed by atoms with E-state index in [0.29, 0.717) is 18.1 Å². The molecule has 3 aliphatic carbocycles. The zero-order valence-corrected chi connectivity index (χ0v) is 11.0. The molecular formula is C14H23NO3. The lowest BCUT2D eigenvalue weighted by molar-refractivity contribution is -0.247. The van der Waals surface area contributed by atoms with Crippen molar-refractivity contribution < 1.29 is 14.2 Å². The number of hydrogen-bond acceptors (Lipinski definition) is 4. The number of hydrogen-bond donors (Lipinski definition) is 1. The monoisotopic (exact) mass is 253 g/mol. The Bertz CT molecular complexity index is 330. The van der Waals surface area contributed by atoms with Crippen molar-refractivity contribution in [2.24, 2.45) is 23.0 Å². The smallest absolute Gasteiger partial charge is 0.272 e. The minimum Gasteiger partial charge on any atom is -0.330 e. The Morgan fingerprint density at radius 1 is 1.22 bits per heavy atom. The molecule has 4 aliphatic rings. The molecule has 0 amide bonds. The first-order chi connectivity index (χ1) is 8.73. The van der Waals surface area contributed by atoms with Crippen molar-refractivity contribution >= 4 is 0 Å². The molecule has 4 fully saturated rings. The standard InChI is InChI=1S/C14H23NO3/c1-2-16-13-17-10-6-14(7-11(10)18-13)9-4-3-8(5-9)12(14)15/h8-13H,2-7,15H2,1H3/t8?,9?,10-,11?,12?,13+,14-/m1/s1. The SMILES string of the molecule is CCO[C@@H]1OC2C[C@]3(C[C@H]2O1)C1CCC(C1)C3N.